The van der Waals surface area contributed by atoms with Crippen molar-refractivity contribution in [1.29, 1.82) is 0 Å². The van der Waals surface area contributed by atoms with Crippen molar-refractivity contribution >= 4 is 5.65 Å². The summed E-state index contributed by atoms with van der Waals surface area (Å²) in [6.07, 6.45) is 3.98. The van der Waals surface area contributed by atoms with Gasteiger partial charge in [-0.25, -0.2) is 4.98 Å². The Kier molecular flexibility index (Phi) is 4.19. The monoisotopic (exact) mass is 262 g/mol. The molecule has 2 heterocycles. The minimum atomic E-state index is -0.733. The summed E-state index contributed by atoms with van der Waals surface area (Å²) < 4.78 is 2.00. The van der Waals surface area contributed by atoms with Gasteiger partial charge in [-0.1, -0.05) is 6.07 Å². The van der Waals surface area contributed by atoms with E-state index in [1.165, 1.54) is 0 Å². The molecular weight excluding hydrogens is 240 g/mol. The standard InChI is InChI=1S/C14H22N4O/c1-14(19,11-17(2)3)10-15-8-12-9-18-7-5-4-6-13(18)16-12/h4-7,9,15,19H,8,10-11H2,1-3H3. The first-order chi connectivity index (χ1) is 8.96. The third-order valence-electron chi connectivity index (χ3n) is 2.88. The van der Waals surface area contributed by atoms with Crippen LogP contribution in [0.2, 0.25) is 0 Å². The molecule has 1 unspecified atom stereocenters. The van der Waals surface area contributed by atoms with E-state index < -0.39 is 5.60 Å². The number of imidazole rings is 1. The summed E-state index contributed by atoms with van der Waals surface area (Å²) in [5.41, 5.74) is 1.19. The highest BCUT2D eigenvalue weighted by atomic mass is 16.3. The summed E-state index contributed by atoms with van der Waals surface area (Å²) in [5, 5.41) is 13.4. The van der Waals surface area contributed by atoms with Gasteiger partial charge in [0.05, 0.1) is 11.3 Å². The van der Waals surface area contributed by atoms with Crippen molar-refractivity contribution < 1.29 is 5.11 Å². The van der Waals surface area contributed by atoms with E-state index in [0.717, 1.165) is 11.3 Å². The van der Waals surface area contributed by atoms with E-state index in [2.05, 4.69) is 10.3 Å². The van der Waals surface area contributed by atoms with E-state index in [9.17, 15) is 5.11 Å². The quantitative estimate of drug-likeness (QED) is 0.806. The number of pyridine rings is 1. The van der Waals surface area contributed by atoms with Gasteiger partial charge in [0.2, 0.25) is 0 Å². The van der Waals surface area contributed by atoms with Crippen LogP contribution in [0.25, 0.3) is 5.65 Å². The summed E-state index contributed by atoms with van der Waals surface area (Å²) >= 11 is 0. The fraction of sp³-hybridized carbons (Fsp3) is 0.500. The zero-order valence-corrected chi connectivity index (χ0v) is 11.8. The number of rotatable bonds is 6. The lowest BCUT2D eigenvalue weighted by Gasteiger charge is -2.27. The van der Waals surface area contributed by atoms with Crippen LogP contribution in [-0.4, -0.2) is 52.2 Å². The van der Waals surface area contributed by atoms with Gasteiger partial charge in [-0.15, -0.1) is 0 Å². The zero-order chi connectivity index (χ0) is 13.9. The molecule has 0 fully saturated rings. The van der Waals surface area contributed by atoms with E-state index in [0.29, 0.717) is 19.6 Å². The summed E-state index contributed by atoms with van der Waals surface area (Å²) in [6.45, 7) is 3.67. The Morgan fingerprint density at radius 1 is 1.42 bits per heavy atom. The number of aliphatic hydroxyl groups is 1. The number of fused-ring (bicyclic) bond motifs is 1. The maximum Gasteiger partial charge on any atom is 0.137 e. The fourth-order valence-corrected chi connectivity index (χ4v) is 2.27. The molecule has 0 aliphatic carbocycles. The van der Waals surface area contributed by atoms with Gasteiger partial charge in [0.25, 0.3) is 0 Å². The molecule has 0 amide bonds. The minimum Gasteiger partial charge on any atom is -0.388 e. The average Bonchev–Trinajstić information content (AvgIpc) is 2.69. The van der Waals surface area contributed by atoms with Crippen LogP contribution < -0.4 is 5.32 Å². The molecule has 0 saturated carbocycles. The van der Waals surface area contributed by atoms with Gasteiger partial charge < -0.3 is 19.7 Å². The number of nitrogens with zero attached hydrogens (tertiary/aromatic N) is 3. The fourth-order valence-electron chi connectivity index (χ4n) is 2.27. The third-order valence-corrected chi connectivity index (χ3v) is 2.88. The molecule has 0 saturated heterocycles. The first kappa shape index (κ1) is 14.0. The Morgan fingerprint density at radius 2 is 2.21 bits per heavy atom. The molecule has 5 nitrogen and oxygen atoms in total. The third kappa shape index (κ3) is 4.02. The molecule has 2 aromatic rings. The lowest BCUT2D eigenvalue weighted by atomic mass is 10.1. The summed E-state index contributed by atoms with van der Waals surface area (Å²) in [7, 11) is 3.91. The van der Waals surface area contributed by atoms with Crippen molar-refractivity contribution in [2.75, 3.05) is 27.2 Å². The van der Waals surface area contributed by atoms with Gasteiger partial charge in [-0.3, -0.25) is 0 Å². The lowest BCUT2D eigenvalue weighted by molar-refractivity contribution is 0.0335. The van der Waals surface area contributed by atoms with Crippen molar-refractivity contribution in [3.05, 3.63) is 36.3 Å². The maximum atomic E-state index is 10.2. The number of nitrogens with one attached hydrogen (secondary N) is 1. The Hall–Kier alpha value is -1.43. The van der Waals surface area contributed by atoms with E-state index >= 15 is 0 Å². The molecule has 5 heteroatoms. The zero-order valence-electron chi connectivity index (χ0n) is 11.8. The van der Waals surface area contributed by atoms with Crippen LogP contribution in [0.15, 0.2) is 30.6 Å². The van der Waals surface area contributed by atoms with Gasteiger partial charge in [-0.05, 0) is 33.2 Å². The van der Waals surface area contributed by atoms with Crippen molar-refractivity contribution in [3.63, 3.8) is 0 Å². The molecule has 0 aliphatic heterocycles. The highest BCUT2D eigenvalue weighted by molar-refractivity contribution is 5.39. The predicted molar refractivity (Wildman–Crippen MR) is 76.1 cm³/mol. The molecule has 0 aromatic carbocycles. The Balaban J connectivity index is 1.88. The van der Waals surface area contributed by atoms with E-state index in [-0.39, 0.29) is 0 Å². The second kappa shape index (κ2) is 5.69. The largest absolute Gasteiger partial charge is 0.388 e. The molecule has 19 heavy (non-hydrogen) atoms. The van der Waals surface area contributed by atoms with Crippen molar-refractivity contribution in [2.45, 2.75) is 19.1 Å². The first-order valence-electron chi connectivity index (χ1n) is 6.47. The Morgan fingerprint density at radius 3 is 2.89 bits per heavy atom. The van der Waals surface area contributed by atoms with E-state index in [4.69, 9.17) is 0 Å². The van der Waals surface area contributed by atoms with Gasteiger partial charge in [0.1, 0.15) is 5.65 Å². The van der Waals surface area contributed by atoms with Crippen molar-refractivity contribution in [2.24, 2.45) is 0 Å². The average molecular weight is 262 g/mol. The number of likely N-dealkylation sites (N-methyl/N-ethyl adjacent to an activating group) is 1. The minimum absolute atomic E-state index is 0.541. The summed E-state index contributed by atoms with van der Waals surface area (Å²) in [4.78, 5) is 6.48. The normalized spacial score (nSPS) is 15.0. The Bertz CT molecular complexity index is 500. The number of hydrogen-bond acceptors (Lipinski definition) is 4. The smallest absolute Gasteiger partial charge is 0.137 e. The van der Waals surface area contributed by atoms with E-state index in [1.807, 2.05) is 60.9 Å². The molecule has 1 atom stereocenters. The molecule has 2 aromatic heterocycles. The van der Waals surface area contributed by atoms with Crippen LogP contribution in [0.1, 0.15) is 12.6 Å². The molecule has 0 spiro atoms. The van der Waals surface area contributed by atoms with Gasteiger partial charge in [0, 0.05) is 32.0 Å². The maximum absolute atomic E-state index is 10.2. The van der Waals surface area contributed by atoms with Crippen LogP contribution in [0.3, 0.4) is 0 Å². The van der Waals surface area contributed by atoms with E-state index in [1.54, 1.807) is 0 Å². The van der Waals surface area contributed by atoms with Gasteiger partial charge >= 0.3 is 0 Å². The molecule has 0 aliphatic rings. The first-order valence-corrected chi connectivity index (χ1v) is 6.47. The van der Waals surface area contributed by atoms with Crippen LogP contribution in [0.4, 0.5) is 0 Å². The van der Waals surface area contributed by atoms with Crippen LogP contribution in [-0.2, 0) is 6.54 Å². The molecule has 0 bridgehead atoms. The molecular formula is C14H22N4O. The highest BCUT2D eigenvalue weighted by Gasteiger charge is 2.20. The predicted octanol–water partition coefficient (Wildman–Crippen LogP) is 0.736. The number of aromatic nitrogens is 2. The van der Waals surface area contributed by atoms with Crippen molar-refractivity contribution in [3.8, 4) is 0 Å². The molecule has 0 radical (unpaired) electrons. The van der Waals surface area contributed by atoms with Gasteiger partial charge in [-0.2, -0.15) is 0 Å². The molecule has 2 N–H and O–H groups in total. The second-order valence-electron chi connectivity index (χ2n) is 5.54. The van der Waals surface area contributed by atoms with Gasteiger partial charge in [0.15, 0.2) is 0 Å². The second-order valence-corrected chi connectivity index (χ2v) is 5.54. The lowest BCUT2D eigenvalue weighted by Crippen LogP contribution is -2.45. The van der Waals surface area contributed by atoms with Crippen LogP contribution in [0, 0.1) is 0 Å². The van der Waals surface area contributed by atoms with Crippen LogP contribution >= 0.6 is 0 Å². The van der Waals surface area contributed by atoms with Crippen LogP contribution in [0.5, 0.6) is 0 Å². The SMILES string of the molecule is CN(C)CC(C)(O)CNCc1cn2ccccc2n1. The summed E-state index contributed by atoms with van der Waals surface area (Å²) in [5.74, 6) is 0. The molecule has 104 valence electrons. The summed E-state index contributed by atoms with van der Waals surface area (Å²) in [6, 6.07) is 5.93. The molecule has 2 rings (SSSR count). The topological polar surface area (TPSA) is 52.8 Å². The highest BCUT2D eigenvalue weighted by Crippen LogP contribution is 2.06. The Labute approximate surface area is 113 Å². The van der Waals surface area contributed by atoms with Crippen molar-refractivity contribution in [1.82, 2.24) is 19.6 Å². The number of hydrogen-bond donors (Lipinski definition) is 2.